The smallest absolute Gasteiger partial charge is 0.206 e. The van der Waals surface area contributed by atoms with Gasteiger partial charge in [-0.1, -0.05) is 42.5 Å². The van der Waals surface area contributed by atoms with Gasteiger partial charge in [0.15, 0.2) is 0 Å². The molecule has 2 rings (SSSR count). The summed E-state index contributed by atoms with van der Waals surface area (Å²) in [5.41, 5.74) is 2.64. The van der Waals surface area contributed by atoms with E-state index in [0.29, 0.717) is 0 Å². The summed E-state index contributed by atoms with van der Waals surface area (Å²) < 4.78 is 0. The number of hydrogen-bond acceptors (Lipinski definition) is 4. The molecule has 1 heterocycles. The van der Waals surface area contributed by atoms with Gasteiger partial charge in [0.1, 0.15) is 5.01 Å². The molecule has 3 nitrogen and oxygen atoms in total. The van der Waals surface area contributed by atoms with Crippen molar-refractivity contribution in [2.75, 3.05) is 5.32 Å². The molecule has 0 spiro atoms. The summed E-state index contributed by atoms with van der Waals surface area (Å²) in [6, 6.07) is 8.96. The van der Waals surface area contributed by atoms with E-state index in [0.717, 1.165) is 16.6 Å². The molecular formula is C13H17N3S. The second-order valence-corrected chi connectivity index (χ2v) is 5.27. The van der Waals surface area contributed by atoms with Crippen LogP contribution >= 0.6 is 11.3 Å². The molecule has 4 heteroatoms. The zero-order chi connectivity index (χ0) is 12.3. The van der Waals surface area contributed by atoms with Gasteiger partial charge in [0.25, 0.3) is 0 Å². The summed E-state index contributed by atoms with van der Waals surface area (Å²) in [4.78, 5) is 0. The predicted octanol–water partition coefficient (Wildman–Crippen LogP) is 3.58. The van der Waals surface area contributed by atoms with Crippen molar-refractivity contribution < 1.29 is 0 Å². The SMILES string of the molecule is CCc1ccc(C(C)Nc2nnc(C)s2)cc1. The van der Waals surface area contributed by atoms with Crippen molar-refractivity contribution in [1.29, 1.82) is 0 Å². The molecular weight excluding hydrogens is 230 g/mol. The van der Waals surface area contributed by atoms with Crippen LogP contribution in [0.25, 0.3) is 0 Å². The summed E-state index contributed by atoms with van der Waals surface area (Å²) >= 11 is 1.59. The Hall–Kier alpha value is -1.42. The Morgan fingerprint density at radius 2 is 1.94 bits per heavy atom. The van der Waals surface area contributed by atoms with Gasteiger partial charge in [-0.2, -0.15) is 0 Å². The maximum Gasteiger partial charge on any atom is 0.206 e. The summed E-state index contributed by atoms with van der Waals surface area (Å²) in [6.07, 6.45) is 1.08. The second kappa shape index (κ2) is 5.27. The maximum atomic E-state index is 4.07. The Kier molecular flexibility index (Phi) is 3.74. The van der Waals surface area contributed by atoms with Crippen LogP contribution in [0.1, 0.15) is 36.0 Å². The fourth-order valence-corrected chi connectivity index (χ4v) is 2.34. The number of benzene rings is 1. The quantitative estimate of drug-likeness (QED) is 0.897. The zero-order valence-corrected chi connectivity index (χ0v) is 11.2. The van der Waals surface area contributed by atoms with Crippen LogP contribution in [0.4, 0.5) is 5.13 Å². The number of nitrogens with one attached hydrogen (secondary N) is 1. The standard InChI is InChI=1S/C13H17N3S/c1-4-11-5-7-12(8-6-11)9(2)14-13-16-15-10(3)17-13/h5-9H,4H2,1-3H3,(H,14,16). The number of hydrogen-bond donors (Lipinski definition) is 1. The molecule has 1 atom stereocenters. The van der Waals surface area contributed by atoms with Crippen molar-refractivity contribution in [2.45, 2.75) is 33.2 Å². The summed E-state index contributed by atoms with van der Waals surface area (Å²) in [5, 5.41) is 13.3. The van der Waals surface area contributed by atoms with Gasteiger partial charge < -0.3 is 5.32 Å². The van der Waals surface area contributed by atoms with E-state index in [4.69, 9.17) is 0 Å². The third-order valence-corrected chi connectivity index (χ3v) is 3.52. The zero-order valence-electron chi connectivity index (χ0n) is 10.4. The largest absolute Gasteiger partial charge is 0.354 e. The fourth-order valence-electron chi connectivity index (χ4n) is 1.67. The van der Waals surface area contributed by atoms with Crippen LogP contribution in [0.3, 0.4) is 0 Å². The first-order valence-electron chi connectivity index (χ1n) is 5.84. The van der Waals surface area contributed by atoms with E-state index in [1.807, 2.05) is 6.92 Å². The average molecular weight is 247 g/mol. The van der Waals surface area contributed by atoms with Crippen LogP contribution in [-0.2, 0) is 6.42 Å². The van der Waals surface area contributed by atoms with Crippen molar-refractivity contribution in [2.24, 2.45) is 0 Å². The molecule has 0 aliphatic carbocycles. The Labute approximate surface area is 106 Å². The number of anilines is 1. The van der Waals surface area contributed by atoms with E-state index in [2.05, 4.69) is 53.6 Å². The van der Waals surface area contributed by atoms with Crippen molar-refractivity contribution in [1.82, 2.24) is 10.2 Å². The van der Waals surface area contributed by atoms with E-state index < -0.39 is 0 Å². The third-order valence-electron chi connectivity index (χ3n) is 2.75. The average Bonchev–Trinajstić information content (AvgIpc) is 2.75. The molecule has 1 aromatic heterocycles. The van der Waals surface area contributed by atoms with E-state index >= 15 is 0 Å². The molecule has 0 bridgehead atoms. The molecule has 0 aliphatic heterocycles. The lowest BCUT2D eigenvalue weighted by atomic mass is 10.1. The molecule has 0 radical (unpaired) electrons. The Morgan fingerprint density at radius 3 is 2.47 bits per heavy atom. The first kappa shape index (κ1) is 12.0. The van der Waals surface area contributed by atoms with Crippen LogP contribution in [0.5, 0.6) is 0 Å². The number of nitrogens with zero attached hydrogens (tertiary/aromatic N) is 2. The fraction of sp³-hybridized carbons (Fsp3) is 0.385. The highest BCUT2D eigenvalue weighted by Crippen LogP contribution is 2.22. The van der Waals surface area contributed by atoms with Gasteiger partial charge in [-0.25, -0.2) is 0 Å². The van der Waals surface area contributed by atoms with Gasteiger partial charge in [-0.3, -0.25) is 0 Å². The highest BCUT2D eigenvalue weighted by Gasteiger charge is 2.07. The van der Waals surface area contributed by atoms with E-state index in [1.54, 1.807) is 11.3 Å². The molecule has 90 valence electrons. The van der Waals surface area contributed by atoms with E-state index in [-0.39, 0.29) is 6.04 Å². The van der Waals surface area contributed by atoms with Crippen LogP contribution in [0.15, 0.2) is 24.3 Å². The monoisotopic (exact) mass is 247 g/mol. The molecule has 1 unspecified atom stereocenters. The Bertz CT molecular complexity index is 476. The predicted molar refractivity (Wildman–Crippen MR) is 72.5 cm³/mol. The van der Waals surface area contributed by atoms with Gasteiger partial charge in [-0.15, -0.1) is 10.2 Å². The third kappa shape index (κ3) is 3.03. The maximum absolute atomic E-state index is 4.07. The topological polar surface area (TPSA) is 37.8 Å². The van der Waals surface area contributed by atoms with Crippen LogP contribution in [0.2, 0.25) is 0 Å². The Balaban J connectivity index is 2.06. The first-order valence-corrected chi connectivity index (χ1v) is 6.66. The van der Waals surface area contributed by atoms with Crippen LogP contribution in [0, 0.1) is 6.92 Å². The minimum absolute atomic E-state index is 0.258. The van der Waals surface area contributed by atoms with Gasteiger partial charge in [0.05, 0.1) is 6.04 Å². The summed E-state index contributed by atoms with van der Waals surface area (Å²) in [7, 11) is 0. The molecule has 0 fully saturated rings. The number of aryl methyl sites for hydroxylation is 2. The summed E-state index contributed by atoms with van der Waals surface area (Å²) in [6.45, 7) is 6.27. The van der Waals surface area contributed by atoms with Gasteiger partial charge in [0.2, 0.25) is 5.13 Å². The van der Waals surface area contributed by atoms with E-state index in [1.165, 1.54) is 11.1 Å². The minimum atomic E-state index is 0.258. The van der Waals surface area contributed by atoms with Crippen molar-refractivity contribution in [3.8, 4) is 0 Å². The molecule has 0 aliphatic rings. The lowest BCUT2D eigenvalue weighted by molar-refractivity contribution is 0.870. The minimum Gasteiger partial charge on any atom is -0.354 e. The van der Waals surface area contributed by atoms with Crippen molar-refractivity contribution >= 4 is 16.5 Å². The molecule has 0 saturated heterocycles. The first-order chi connectivity index (χ1) is 8.19. The van der Waals surface area contributed by atoms with Crippen molar-refractivity contribution in [3.05, 3.63) is 40.4 Å². The van der Waals surface area contributed by atoms with Crippen LogP contribution < -0.4 is 5.32 Å². The molecule has 0 saturated carbocycles. The molecule has 0 amide bonds. The highest BCUT2D eigenvalue weighted by atomic mass is 32.1. The summed E-state index contributed by atoms with van der Waals surface area (Å²) in [5.74, 6) is 0. The lowest BCUT2D eigenvalue weighted by Gasteiger charge is -2.13. The van der Waals surface area contributed by atoms with Crippen LogP contribution in [-0.4, -0.2) is 10.2 Å². The molecule has 2 aromatic rings. The van der Waals surface area contributed by atoms with E-state index in [9.17, 15) is 0 Å². The molecule has 17 heavy (non-hydrogen) atoms. The second-order valence-electron chi connectivity index (χ2n) is 4.09. The van der Waals surface area contributed by atoms with Crippen molar-refractivity contribution in [3.63, 3.8) is 0 Å². The number of aromatic nitrogens is 2. The van der Waals surface area contributed by atoms with Gasteiger partial charge >= 0.3 is 0 Å². The lowest BCUT2D eigenvalue weighted by Crippen LogP contribution is -2.06. The van der Waals surface area contributed by atoms with Gasteiger partial charge in [0, 0.05) is 0 Å². The van der Waals surface area contributed by atoms with Gasteiger partial charge in [-0.05, 0) is 31.4 Å². The molecule has 1 N–H and O–H groups in total. The normalized spacial score (nSPS) is 12.4. The number of rotatable bonds is 4. The molecule has 1 aromatic carbocycles. The Morgan fingerprint density at radius 1 is 1.24 bits per heavy atom. The highest BCUT2D eigenvalue weighted by molar-refractivity contribution is 7.15.